The Bertz CT molecular complexity index is 876. The van der Waals surface area contributed by atoms with Crippen LogP contribution in [0.3, 0.4) is 0 Å². The summed E-state index contributed by atoms with van der Waals surface area (Å²) in [5, 5.41) is 0. The van der Waals surface area contributed by atoms with E-state index in [1.807, 2.05) is 29.0 Å². The Hall–Kier alpha value is -2.10. The molecule has 28 heavy (non-hydrogen) atoms. The van der Waals surface area contributed by atoms with Gasteiger partial charge in [-0.1, -0.05) is 46.9 Å². The third kappa shape index (κ3) is 3.61. The van der Waals surface area contributed by atoms with Crippen LogP contribution in [0.15, 0.2) is 34.9 Å². The molecule has 1 saturated heterocycles. The Balaban J connectivity index is 1.42. The fourth-order valence-electron chi connectivity index (χ4n) is 4.00. The van der Waals surface area contributed by atoms with Crippen molar-refractivity contribution < 1.29 is 14.0 Å². The molecule has 1 aliphatic heterocycles. The van der Waals surface area contributed by atoms with E-state index in [4.69, 9.17) is 4.42 Å². The Morgan fingerprint density at radius 3 is 2.75 bits per heavy atom. The molecule has 2 amide bonds. The van der Waals surface area contributed by atoms with E-state index in [1.54, 1.807) is 4.90 Å². The topological polar surface area (TPSA) is 69.9 Å². The minimum Gasteiger partial charge on any atom is -0.431 e. The lowest BCUT2D eigenvalue weighted by Crippen LogP contribution is -2.49. The monoisotopic (exact) mass is 494 g/mol. The van der Waals surface area contributed by atoms with Gasteiger partial charge in [-0.2, -0.15) is 4.98 Å². The summed E-state index contributed by atoms with van der Waals surface area (Å²) in [6, 6.07) is 8.81. The van der Waals surface area contributed by atoms with Gasteiger partial charge in [0, 0.05) is 33.2 Å². The molecule has 2 aromatic rings. The molecule has 2 heterocycles. The molecule has 0 saturated carbocycles. The van der Waals surface area contributed by atoms with Gasteiger partial charge in [-0.25, -0.2) is 0 Å². The van der Waals surface area contributed by atoms with Gasteiger partial charge in [-0.15, -0.1) is 0 Å². The van der Waals surface area contributed by atoms with Crippen molar-refractivity contribution in [3.05, 3.63) is 47.3 Å². The number of carbonyl (C=O) groups is 2. The maximum Gasteiger partial charge on any atom is 0.298 e. The van der Waals surface area contributed by atoms with E-state index >= 15 is 0 Å². The molecule has 4 rings (SSSR count). The van der Waals surface area contributed by atoms with Crippen LogP contribution in [0, 0.1) is 0 Å². The van der Waals surface area contributed by atoms with E-state index in [0.717, 1.165) is 12.8 Å². The van der Waals surface area contributed by atoms with Gasteiger partial charge in [0.1, 0.15) is 6.26 Å². The first-order valence-corrected chi connectivity index (χ1v) is 11.0. The number of rotatable bonds is 4. The summed E-state index contributed by atoms with van der Waals surface area (Å²) < 4.78 is 6.08. The van der Waals surface area contributed by atoms with Crippen molar-refractivity contribution in [1.82, 2.24) is 14.8 Å². The summed E-state index contributed by atoms with van der Waals surface area (Å²) in [6.45, 7) is 2.60. The smallest absolute Gasteiger partial charge is 0.298 e. The van der Waals surface area contributed by atoms with E-state index in [2.05, 4.69) is 39.7 Å². The average molecular weight is 494 g/mol. The van der Waals surface area contributed by atoms with Crippen LogP contribution < -0.4 is 4.90 Å². The highest BCUT2D eigenvalue weighted by molar-refractivity contribution is 14.1. The highest BCUT2D eigenvalue weighted by Gasteiger charge is 2.31. The van der Waals surface area contributed by atoms with Gasteiger partial charge in [-0.05, 0) is 24.0 Å². The second-order valence-corrected chi connectivity index (χ2v) is 7.95. The van der Waals surface area contributed by atoms with Crippen molar-refractivity contribution in [2.24, 2.45) is 0 Å². The number of carbonyl (C=O) groups excluding carboxylic acids is 2. The van der Waals surface area contributed by atoms with E-state index in [0.29, 0.717) is 42.3 Å². The maximum absolute atomic E-state index is 12.9. The third-order valence-corrected chi connectivity index (χ3v) is 6.27. The molecule has 1 fully saturated rings. The van der Waals surface area contributed by atoms with E-state index in [-0.39, 0.29) is 17.9 Å². The first-order chi connectivity index (χ1) is 13.6. The number of benzene rings is 1. The number of fused-ring (bicyclic) bond motifs is 1. The minimum absolute atomic E-state index is 0.0756. The summed E-state index contributed by atoms with van der Waals surface area (Å²) >= 11 is 2.09. The molecular formula is C20H23IN4O3. The van der Waals surface area contributed by atoms with E-state index in [1.165, 1.54) is 17.4 Å². The van der Waals surface area contributed by atoms with Crippen molar-refractivity contribution in [2.75, 3.05) is 42.6 Å². The summed E-state index contributed by atoms with van der Waals surface area (Å²) in [5.74, 6) is 0.0254. The number of piperazine rings is 1. The molecule has 1 aliphatic carbocycles. The molecule has 0 radical (unpaired) electrons. The molecule has 1 atom stereocenters. The molecule has 7 nitrogen and oxygen atoms in total. The molecular weight excluding hydrogens is 471 g/mol. The number of nitrogens with zero attached hydrogens (tertiary/aromatic N) is 4. The van der Waals surface area contributed by atoms with Crippen LogP contribution in [0.1, 0.15) is 34.1 Å². The summed E-state index contributed by atoms with van der Waals surface area (Å²) in [7, 11) is 1.83. The summed E-state index contributed by atoms with van der Waals surface area (Å²) in [4.78, 5) is 34.8. The second kappa shape index (κ2) is 8.10. The standard InChI is InChI=1S/C20H23IN4O3/c1-23(17-7-6-14-4-2-3-5-15(14)17)19(27)16-13-28-20(22-16)25-10-8-24(9-11-25)18(26)12-21/h2-5,13,17H,6-12H2,1H3/t17-/m1/s1. The van der Waals surface area contributed by atoms with Gasteiger partial charge < -0.3 is 19.1 Å². The van der Waals surface area contributed by atoms with Gasteiger partial charge in [0.25, 0.3) is 11.9 Å². The zero-order valence-electron chi connectivity index (χ0n) is 15.8. The number of hydrogen-bond donors (Lipinski definition) is 0. The first-order valence-electron chi connectivity index (χ1n) is 9.47. The first kappa shape index (κ1) is 19.2. The predicted octanol–water partition coefficient (Wildman–Crippen LogP) is 2.52. The Labute approximate surface area is 177 Å². The van der Waals surface area contributed by atoms with Crippen LogP contribution in [0.4, 0.5) is 6.01 Å². The van der Waals surface area contributed by atoms with Crippen LogP contribution in [0.2, 0.25) is 0 Å². The molecule has 1 aromatic carbocycles. The lowest BCUT2D eigenvalue weighted by Gasteiger charge is -2.33. The molecule has 0 spiro atoms. The quantitative estimate of drug-likeness (QED) is 0.483. The van der Waals surface area contributed by atoms with Gasteiger partial charge in [0.15, 0.2) is 5.69 Å². The normalized spacial score (nSPS) is 18.9. The van der Waals surface area contributed by atoms with Crippen molar-refractivity contribution in [3.8, 4) is 0 Å². The number of aromatic nitrogens is 1. The number of aryl methyl sites for hydroxylation is 1. The summed E-state index contributed by atoms with van der Waals surface area (Å²) in [6.07, 6.45) is 3.36. The zero-order chi connectivity index (χ0) is 19.7. The van der Waals surface area contributed by atoms with Crippen molar-refractivity contribution in [2.45, 2.75) is 18.9 Å². The van der Waals surface area contributed by atoms with Crippen LogP contribution in [-0.4, -0.2) is 64.3 Å². The fraction of sp³-hybridized carbons (Fsp3) is 0.450. The number of oxazole rings is 1. The number of amides is 2. The van der Waals surface area contributed by atoms with Gasteiger partial charge >= 0.3 is 0 Å². The third-order valence-electron chi connectivity index (χ3n) is 5.62. The largest absolute Gasteiger partial charge is 0.431 e. The van der Waals surface area contributed by atoms with Crippen LogP contribution in [0.25, 0.3) is 0 Å². The van der Waals surface area contributed by atoms with E-state index < -0.39 is 0 Å². The summed E-state index contributed by atoms with van der Waals surface area (Å²) in [5.41, 5.74) is 2.86. The van der Waals surface area contributed by atoms with Gasteiger partial charge in [0.05, 0.1) is 10.5 Å². The molecule has 0 N–H and O–H groups in total. The van der Waals surface area contributed by atoms with E-state index in [9.17, 15) is 9.59 Å². The lowest BCUT2D eigenvalue weighted by molar-refractivity contribution is -0.128. The Morgan fingerprint density at radius 1 is 1.25 bits per heavy atom. The highest BCUT2D eigenvalue weighted by atomic mass is 127. The molecule has 8 heteroatoms. The van der Waals surface area contributed by atoms with Crippen LogP contribution in [-0.2, 0) is 11.2 Å². The predicted molar refractivity (Wildman–Crippen MR) is 114 cm³/mol. The van der Waals surface area contributed by atoms with Crippen molar-refractivity contribution in [3.63, 3.8) is 0 Å². The number of halogens is 1. The second-order valence-electron chi connectivity index (χ2n) is 7.19. The molecule has 2 aliphatic rings. The average Bonchev–Trinajstić information content (AvgIpc) is 3.40. The van der Waals surface area contributed by atoms with Crippen LogP contribution in [0.5, 0.6) is 0 Å². The molecule has 148 valence electrons. The maximum atomic E-state index is 12.9. The minimum atomic E-state index is -0.129. The Morgan fingerprint density at radius 2 is 2.00 bits per heavy atom. The van der Waals surface area contributed by atoms with Crippen molar-refractivity contribution >= 4 is 40.4 Å². The Kier molecular flexibility index (Phi) is 5.56. The fourth-order valence-corrected chi connectivity index (χ4v) is 4.48. The number of hydrogen-bond acceptors (Lipinski definition) is 5. The molecule has 0 unspecified atom stereocenters. The SMILES string of the molecule is CN(C(=O)c1coc(N2CCN(C(=O)CI)CC2)n1)[C@@H]1CCc2ccccc21. The van der Waals surface area contributed by atoms with Gasteiger partial charge in [0.2, 0.25) is 5.91 Å². The molecule has 1 aromatic heterocycles. The van der Waals surface area contributed by atoms with Gasteiger partial charge in [-0.3, -0.25) is 9.59 Å². The number of anilines is 1. The molecule has 0 bridgehead atoms. The lowest BCUT2D eigenvalue weighted by atomic mass is 10.1. The number of alkyl halides is 1. The van der Waals surface area contributed by atoms with Crippen molar-refractivity contribution in [1.29, 1.82) is 0 Å². The zero-order valence-corrected chi connectivity index (χ0v) is 18.0. The van der Waals surface area contributed by atoms with Crippen LogP contribution >= 0.6 is 22.6 Å². The highest BCUT2D eigenvalue weighted by Crippen LogP contribution is 2.35.